The normalized spacial score (nSPS) is 22.8. The van der Waals surface area contributed by atoms with Gasteiger partial charge in [0.25, 0.3) is 0 Å². The van der Waals surface area contributed by atoms with Crippen LogP contribution in [0.2, 0.25) is 5.02 Å². The van der Waals surface area contributed by atoms with Crippen molar-refractivity contribution in [1.82, 2.24) is 9.62 Å². The smallest absolute Gasteiger partial charge is 0.240 e. The van der Waals surface area contributed by atoms with Crippen LogP contribution in [-0.2, 0) is 10.0 Å². The minimum absolute atomic E-state index is 0.00654. The van der Waals surface area contributed by atoms with Crippen LogP contribution < -0.4 is 4.72 Å². The van der Waals surface area contributed by atoms with Crippen LogP contribution >= 0.6 is 34.8 Å². The van der Waals surface area contributed by atoms with E-state index in [-0.39, 0.29) is 23.0 Å². The Bertz CT molecular complexity index is 1410. The molecular weight excluding hydrogens is 547 g/mol. The maximum atomic E-state index is 13.3. The van der Waals surface area contributed by atoms with Gasteiger partial charge in [0.1, 0.15) is 0 Å². The van der Waals surface area contributed by atoms with E-state index in [2.05, 4.69) is 9.62 Å². The SMILES string of the molecule is O=S(=O)(NC1CCN(C2CC=C(Cl)C=C2Cl)C(c2ccc(Cl)cc2)C1)c1ccc(-c2ccccc2)cc1. The second kappa shape index (κ2) is 11.3. The molecule has 1 saturated heterocycles. The summed E-state index contributed by atoms with van der Waals surface area (Å²) in [6.07, 6.45) is 5.77. The molecule has 8 heteroatoms. The topological polar surface area (TPSA) is 49.4 Å². The molecule has 0 spiro atoms. The van der Waals surface area contributed by atoms with Gasteiger partial charge in [0.05, 0.1) is 4.90 Å². The molecule has 1 aliphatic heterocycles. The molecule has 5 rings (SSSR count). The second-order valence-electron chi connectivity index (χ2n) is 9.41. The van der Waals surface area contributed by atoms with Crippen LogP contribution in [0.1, 0.15) is 30.9 Å². The first-order valence-electron chi connectivity index (χ1n) is 12.2. The van der Waals surface area contributed by atoms with Crippen molar-refractivity contribution < 1.29 is 8.42 Å². The molecule has 1 aliphatic carbocycles. The molecule has 0 saturated carbocycles. The summed E-state index contributed by atoms with van der Waals surface area (Å²) in [4.78, 5) is 2.61. The fourth-order valence-corrected chi connectivity index (χ4v) is 7.14. The Morgan fingerprint density at radius 3 is 2.16 bits per heavy atom. The molecular formula is C29H27Cl3N2O2S. The number of benzene rings is 3. The van der Waals surface area contributed by atoms with Gasteiger partial charge in [0, 0.05) is 39.8 Å². The zero-order valence-corrected chi connectivity index (χ0v) is 23.1. The number of hydrogen-bond acceptors (Lipinski definition) is 3. The molecule has 3 aromatic rings. The van der Waals surface area contributed by atoms with Crippen LogP contribution in [0.4, 0.5) is 0 Å². The van der Waals surface area contributed by atoms with Crippen molar-refractivity contribution in [1.29, 1.82) is 0 Å². The third-order valence-electron chi connectivity index (χ3n) is 7.02. The van der Waals surface area contributed by atoms with Gasteiger partial charge in [-0.3, -0.25) is 4.90 Å². The van der Waals surface area contributed by atoms with Gasteiger partial charge in [-0.1, -0.05) is 95.5 Å². The van der Waals surface area contributed by atoms with Crippen LogP contribution in [0.5, 0.6) is 0 Å². The van der Waals surface area contributed by atoms with Gasteiger partial charge in [-0.05, 0) is 66.3 Å². The van der Waals surface area contributed by atoms with Crippen molar-refractivity contribution in [3.63, 3.8) is 0 Å². The maximum absolute atomic E-state index is 13.3. The molecule has 0 amide bonds. The van der Waals surface area contributed by atoms with E-state index in [1.807, 2.05) is 72.8 Å². The first-order chi connectivity index (χ1) is 17.8. The Morgan fingerprint density at radius 2 is 1.49 bits per heavy atom. The van der Waals surface area contributed by atoms with Crippen molar-refractivity contribution >= 4 is 44.8 Å². The van der Waals surface area contributed by atoms with Gasteiger partial charge < -0.3 is 0 Å². The summed E-state index contributed by atoms with van der Waals surface area (Å²) in [6, 6.07) is 24.4. The minimum atomic E-state index is -3.69. The molecule has 1 heterocycles. The Hall–Kier alpha value is -2.12. The fourth-order valence-electron chi connectivity index (χ4n) is 5.14. The molecule has 1 N–H and O–H groups in total. The molecule has 0 aromatic heterocycles. The lowest BCUT2D eigenvalue weighted by atomic mass is 9.89. The Morgan fingerprint density at radius 1 is 0.811 bits per heavy atom. The van der Waals surface area contributed by atoms with Crippen LogP contribution in [0, 0.1) is 0 Å². The van der Waals surface area contributed by atoms with E-state index >= 15 is 0 Å². The summed E-state index contributed by atoms with van der Waals surface area (Å²) < 4.78 is 29.6. The molecule has 3 aromatic carbocycles. The summed E-state index contributed by atoms with van der Waals surface area (Å²) in [5.74, 6) is 0. The molecule has 0 radical (unpaired) electrons. The standard InChI is InChI=1S/C29H27Cl3N2O2S/c30-23-10-6-22(7-11-23)29-19-25(16-17-34(29)28-15-12-24(31)18-27(28)32)33-37(35,36)26-13-8-21(9-14-26)20-4-2-1-3-5-20/h1-14,18,25,28-29,33H,15-17,19H2. The quantitative estimate of drug-likeness (QED) is 0.332. The predicted molar refractivity (Wildman–Crippen MR) is 152 cm³/mol. The summed E-state index contributed by atoms with van der Waals surface area (Å²) in [5, 5.41) is 2.00. The van der Waals surface area contributed by atoms with E-state index in [4.69, 9.17) is 34.8 Å². The lowest BCUT2D eigenvalue weighted by Gasteiger charge is -2.44. The largest absolute Gasteiger partial charge is 0.288 e. The lowest BCUT2D eigenvalue weighted by molar-refractivity contribution is 0.101. The number of piperidine rings is 1. The van der Waals surface area contributed by atoms with Crippen LogP contribution in [0.25, 0.3) is 11.1 Å². The Kier molecular flexibility index (Phi) is 8.10. The zero-order chi connectivity index (χ0) is 26.0. The fraction of sp³-hybridized carbons (Fsp3) is 0.241. The number of nitrogens with one attached hydrogen (secondary N) is 1. The van der Waals surface area contributed by atoms with Crippen LogP contribution in [0.15, 0.2) is 106 Å². The molecule has 37 heavy (non-hydrogen) atoms. The highest BCUT2D eigenvalue weighted by molar-refractivity contribution is 7.89. The number of likely N-dealkylation sites (tertiary alicyclic amines) is 1. The van der Waals surface area contributed by atoms with E-state index in [0.29, 0.717) is 40.9 Å². The van der Waals surface area contributed by atoms with Crippen molar-refractivity contribution in [2.24, 2.45) is 0 Å². The summed E-state index contributed by atoms with van der Waals surface area (Å²) in [5.41, 5.74) is 3.09. The third-order valence-corrected chi connectivity index (χ3v) is 9.44. The van der Waals surface area contributed by atoms with Gasteiger partial charge >= 0.3 is 0 Å². The first-order valence-corrected chi connectivity index (χ1v) is 14.8. The third kappa shape index (κ3) is 6.14. The van der Waals surface area contributed by atoms with E-state index in [9.17, 15) is 8.42 Å². The number of hydrogen-bond donors (Lipinski definition) is 1. The number of halogens is 3. The van der Waals surface area contributed by atoms with Crippen LogP contribution in [-0.4, -0.2) is 31.9 Å². The predicted octanol–water partition coefficient (Wildman–Crippen LogP) is 7.51. The highest BCUT2D eigenvalue weighted by Crippen LogP contribution is 2.39. The van der Waals surface area contributed by atoms with E-state index in [0.717, 1.165) is 16.7 Å². The van der Waals surface area contributed by atoms with E-state index in [1.165, 1.54) is 0 Å². The first kappa shape index (κ1) is 26.5. The number of rotatable bonds is 6. The van der Waals surface area contributed by atoms with E-state index in [1.54, 1.807) is 18.2 Å². The molecule has 0 bridgehead atoms. The summed E-state index contributed by atoms with van der Waals surface area (Å²) in [6.45, 7) is 0.688. The number of allylic oxidation sites excluding steroid dienone is 2. The Balaban J connectivity index is 1.35. The van der Waals surface area contributed by atoms with Crippen molar-refractivity contribution in [3.8, 4) is 11.1 Å². The minimum Gasteiger partial charge on any atom is -0.288 e. The average molecular weight is 574 g/mol. The molecule has 3 unspecified atom stereocenters. The molecule has 3 atom stereocenters. The van der Waals surface area contributed by atoms with Crippen molar-refractivity contribution in [2.45, 2.75) is 42.3 Å². The van der Waals surface area contributed by atoms with Gasteiger partial charge in [0.15, 0.2) is 0 Å². The Labute approximate surface area is 233 Å². The number of sulfonamides is 1. The summed E-state index contributed by atoms with van der Waals surface area (Å²) in [7, 11) is -3.69. The zero-order valence-electron chi connectivity index (χ0n) is 20.0. The summed E-state index contributed by atoms with van der Waals surface area (Å²) >= 11 is 19.0. The average Bonchev–Trinajstić information content (AvgIpc) is 2.90. The second-order valence-corrected chi connectivity index (χ2v) is 12.4. The highest BCUT2D eigenvalue weighted by atomic mass is 35.5. The van der Waals surface area contributed by atoms with Gasteiger partial charge in [0.2, 0.25) is 10.0 Å². The monoisotopic (exact) mass is 572 g/mol. The maximum Gasteiger partial charge on any atom is 0.240 e. The van der Waals surface area contributed by atoms with E-state index < -0.39 is 10.0 Å². The highest BCUT2D eigenvalue weighted by Gasteiger charge is 2.37. The van der Waals surface area contributed by atoms with Gasteiger partial charge in [-0.15, -0.1) is 0 Å². The molecule has 192 valence electrons. The molecule has 2 aliphatic rings. The number of nitrogens with zero attached hydrogens (tertiary/aromatic N) is 1. The van der Waals surface area contributed by atoms with Gasteiger partial charge in [-0.2, -0.15) is 0 Å². The molecule has 1 fully saturated rings. The molecule has 4 nitrogen and oxygen atoms in total. The van der Waals surface area contributed by atoms with Crippen molar-refractivity contribution in [2.75, 3.05) is 6.54 Å². The van der Waals surface area contributed by atoms with Gasteiger partial charge in [-0.25, -0.2) is 13.1 Å². The van der Waals surface area contributed by atoms with Crippen molar-refractivity contribution in [3.05, 3.63) is 112 Å². The van der Waals surface area contributed by atoms with Crippen LogP contribution in [0.3, 0.4) is 0 Å². The lowest BCUT2D eigenvalue weighted by Crippen LogP contribution is -2.49.